The van der Waals surface area contributed by atoms with Gasteiger partial charge in [-0.15, -0.1) is 0 Å². The third kappa shape index (κ3) is 5.41. The van der Waals surface area contributed by atoms with Gasteiger partial charge in [0.05, 0.1) is 7.11 Å². The second-order valence-corrected chi connectivity index (χ2v) is 8.23. The Balaban J connectivity index is 1.25. The van der Waals surface area contributed by atoms with Crippen molar-refractivity contribution in [1.29, 1.82) is 0 Å². The van der Waals surface area contributed by atoms with Gasteiger partial charge in [-0.05, 0) is 61.3 Å². The van der Waals surface area contributed by atoms with Gasteiger partial charge in [0, 0.05) is 51.0 Å². The van der Waals surface area contributed by atoms with Gasteiger partial charge in [-0.2, -0.15) is 0 Å². The Morgan fingerprint density at radius 2 is 1.70 bits per heavy atom. The number of rotatable bonds is 6. The van der Waals surface area contributed by atoms with Crippen LogP contribution in [0.1, 0.15) is 18.4 Å². The minimum atomic E-state index is -0.182. The van der Waals surface area contributed by atoms with Crippen LogP contribution in [0.3, 0.4) is 0 Å². The molecular weight excluding hydrogens is 377 g/mol. The topological polar surface area (TPSA) is 19.0 Å². The van der Waals surface area contributed by atoms with Gasteiger partial charge in [0.15, 0.2) is 0 Å². The van der Waals surface area contributed by atoms with Crippen molar-refractivity contribution in [3.63, 3.8) is 0 Å². The summed E-state index contributed by atoms with van der Waals surface area (Å²) in [5.74, 6) is 0.728. The van der Waals surface area contributed by atoms with Crippen molar-refractivity contribution in [3.8, 4) is 5.75 Å². The van der Waals surface area contributed by atoms with Crippen molar-refractivity contribution in [3.05, 3.63) is 66.0 Å². The van der Waals surface area contributed by atoms with Gasteiger partial charge >= 0.3 is 0 Å². The first-order chi connectivity index (χ1) is 14.7. The molecule has 0 radical (unpaired) electrons. The molecule has 2 aliphatic rings. The number of benzene rings is 2. The standard InChI is InChI=1S/C25H32FN3O/c1-30-25-12-10-23(11-13-25)28-16-18-29(19-17-28)24-5-3-15-27(20-24)14-2-4-21-6-8-22(26)9-7-21/h2,4,6-13,24H,3,5,14-20H2,1H3/b4-2+. The average molecular weight is 410 g/mol. The highest BCUT2D eigenvalue weighted by Gasteiger charge is 2.27. The summed E-state index contributed by atoms with van der Waals surface area (Å²) in [4.78, 5) is 7.70. The van der Waals surface area contributed by atoms with Gasteiger partial charge in [-0.25, -0.2) is 4.39 Å². The average Bonchev–Trinajstić information content (AvgIpc) is 2.81. The molecule has 2 aromatic carbocycles. The molecule has 0 bridgehead atoms. The number of likely N-dealkylation sites (tertiary alicyclic amines) is 1. The molecule has 0 aliphatic carbocycles. The summed E-state index contributed by atoms with van der Waals surface area (Å²) in [7, 11) is 1.71. The third-order valence-corrected chi connectivity index (χ3v) is 6.29. The van der Waals surface area contributed by atoms with E-state index in [-0.39, 0.29) is 5.82 Å². The van der Waals surface area contributed by atoms with E-state index in [9.17, 15) is 4.39 Å². The number of hydrogen-bond donors (Lipinski definition) is 0. The van der Waals surface area contributed by atoms with E-state index in [0.717, 1.165) is 57.1 Å². The van der Waals surface area contributed by atoms with E-state index >= 15 is 0 Å². The highest BCUT2D eigenvalue weighted by molar-refractivity contribution is 5.50. The molecule has 1 unspecified atom stereocenters. The zero-order chi connectivity index (χ0) is 20.8. The van der Waals surface area contributed by atoms with Crippen LogP contribution in [0.2, 0.25) is 0 Å². The summed E-state index contributed by atoms with van der Waals surface area (Å²) in [5, 5.41) is 0. The van der Waals surface area contributed by atoms with Gasteiger partial charge in [0.25, 0.3) is 0 Å². The lowest BCUT2D eigenvalue weighted by Crippen LogP contribution is -2.55. The van der Waals surface area contributed by atoms with Crippen molar-refractivity contribution >= 4 is 11.8 Å². The fraction of sp³-hybridized carbons (Fsp3) is 0.440. The molecule has 2 saturated heterocycles. The summed E-state index contributed by atoms with van der Waals surface area (Å²) in [6, 6.07) is 15.7. The molecule has 0 N–H and O–H groups in total. The normalized spacial score (nSPS) is 21.3. The van der Waals surface area contributed by atoms with Crippen molar-refractivity contribution < 1.29 is 9.13 Å². The summed E-state index contributed by atoms with van der Waals surface area (Å²) in [6.07, 6.45) is 6.85. The Morgan fingerprint density at radius 3 is 2.40 bits per heavy atom. The number of halogens is 1. The summed E-state index contributed by atoms with van der Waals surface area (Å²) in [6.45, 7) is 7.65. The molecule has 160 valence electrons. The molecule has 1 atom stereocenters. The Morgan fingerprint density at radius 1 is 0.967 bits per heavy atom. The number of hydrogen-bond acceptors (Lipinski definition) is 4. The molecule has 0 amide bonds. The van der Waals surface area contributed by atoms with Gasteiger partial charge < -0.3 is 9.64 Å². The predicted molar refractivity (Wildman–Crippen MR) is 122 cm³/mol. The molecule has 4 rings (SSSR count). The van der Waals surface area contributed by atoms with E-state index < -0.39 is 0 Å². The van der Waals surface area contributed by atoms with E-state index in [1.807, 2.05) is 24.3 Å². The van der Waals surface area contributed by atoms with Crippen LogP contribution in [0.15, 0.2) is 54.6 Å². The number of piperidine rings is 1. The number of piperazine rings is 1. The maximum absolute atomic E-state index is 13.0. The monoisotopic (exact) mass is 409 g/mol. The lowest BCUT2D eigenvalue weighted by Gasteiger charge is -2.43. The first-order valence-electron chi connectivity index (χ1n) is 11.0. The van der Waals surface area contributed by atoms with Crippen LogP contribution in [0.25, 0.3) is 6.08 Å². The Labute approximate surface area is 179 Å². The number of methoxy groups -OCH3 is 1. The number of ether oxygens (including phenoxy) is 1. The van der Waals surface area contributed by atoms with E-state index in [1.165, 1.54) is 30.7 Å². The first kappa shape index (κ1) is 20.9. The molecule has 2 heterocycles. The largest absolute Gasteiger partial charge is 0.497 e. The smallest absolute Gasteiger partial charge is 0.123 e. The summed E-state index contributed by atoms with van der Waals surface area (Å²) < 4.78 is 18.3. The maximum atomic E-state index is 13.0. The minimum Gasteiger partial charge on any atom is -0.497 e. The van der Waals surface area contributed by atoms with Gasteiger partial charge in [-0.3, -0.25) is 9.80 Å². The fourth-order valence-electron chi connectivity index (χ4n) is 4.55. The predicted octanol–water partition coefficient (Wildman–Crippen LogP) is 4.13. The Kier molecular flexibility index (Phi) is 7.03. The van der Waals surface area contributed by atoms with Gasteiger partial charge in [0.1, 0.15) is 11.6 Å². The van der Waals surface area contributed by atoms with Crippen LogP contribution in [0.5, 0.6) is 5.75 Å². The molecule has 30 heavy (non-hydrogen) atoms. The Hall–Kier alpha value is -2.37. The second-order valence-electron chi connectivity index (χ2n) is 8.23. The molecule has 2 aromatic rings. The van der Waals surface area contributed by atoms with E-state index in [4.69, 9.17) is 4.74 Å². The zero-order valence-electron chi connectivity index (χ0n) is 17.8. The van der Waals surface area contributed by atoms with Gasteiger partial charge in [-0.1, -0.05) is 24.3 Å². The van der Waals surface area contributed by atoms with Crippen LogP contribution in [-0.4, -0.2) is 68.8 Å². The molecule has 2 aliphatic heterocycles. The molecule has 4 nitrogen and oxygen atoms in total. The van der Waals surface area contributed by atoms with Crippen LogP contribution >= 0.6 is 0 Å². The molecule has 0 saturated carbocycles. The quantitative estimate of drug-likeness (QED) is 0.714. The molecule has 5 heteroatoms. The van der Waals surface area contributed by atoms with E-state index in [2.05, 4.69) is 39.0 Å². The zero-order valence-corrected chi connectivity index (χ0v) is 17.8. The minimum absolute atomic E-state index is 0.182. The molecule has 0 aromatic heterocycles. The highest BCUT2D eigenvalue weighted by Crippen LogP contribution is 2.23. The lowest BCUT2D eigenvalue weighted by molar-refractivity contribution is 0.0991. The maximum Gasteiger partial charge on any atom is 0.123 e. The summed E-state index contributed by atoms with van der Waals surface area (Å²) in [5.41, 5.74) is 2.34. The fourth-order valence-corrected chi connectivity index (χ4v) is 4.55. The van der Waals surface area contributed by atoms with Crippen molar-refractivity contribution in [2.75, 3.05) is 57.8 Å². The molecule has 0 spiro atoms. The Bertz CT molecular complexity index is 813. The van der Waals surface area contributed by atoms with Crippen LogP contribution in [0.4, 0.5) is 10.1 Å². The first-order valence-corrected chi connectivity index (χ1v) is 11.0. The summed E-state index contributed by atoms with van der Waals surface area (Å²) >= 11 is 0. The molecular formula is C25H32FN3O. The third-order valence-electron chi connectivity index (χ3n) is 6.29. The van der Waals surface area contributed by atoms with E-state index in [0.29, 0.717) is 6.04 Å². The van der Waals surface area contributed by atoms with E-state index in [1.54, 1.807) is 7.11 Å². The number of anilines is 1. The van der Waals surface area contributed by atoms with Crippen LogP contribution < -0.4 is 9.64 Å². The van der Waals surface area contributed by atoms with Crippen LogP contribution in [0, 0.1) is 5.82 Å². The lowest BCUT2D eigenvalue weighted by atomic mass is 10.0. The second kappa shape index (κ2) is 10.1. The van der Waals surface area contributed by atoms with Crippen molar-refractivity contribution in [2.24, 2.45) is 0 Å². The van der Waals surface area contributed by atoms with Crippen molar-refractivity contribution in [1.82, 2.24) is 9.80 Å². The van der Waals surface area contributed by atoms with Crippen molar-refractivity contribution in [2.45, 2.75) is 18.9 Å². The molecule has 2 fully saturated rings. The van der Waals surface area contributed by atoms with Crippen LogP contribution in [-0.2, 0) is 0 Å². The van der Waals surface area contributed by atoms with Gasteiger partial charge in [0.2, 0.25) is 0 Å². The highest BCUT2D eigenvalue weighted by atomic mass is 19.1. The number of nitrogens with zero attached hydrogens (tertiary/aromatic N) is 3. The SMILES string of the molecule is COc1ccc(N2CCN(C3CCCN(C/C=C/c4ccc(F)cc4)C3)CC2)cc1.